The van der Waals surface area contributed by atoms with Gasteiger partial charge < -0.3 is 15.5 Å². The van der Waals surface area contributed by atoms with Crippen LogP contribution in [0.25, 0.3) is 0 Å². The zero-order valence-electron chi connectivity index (χ0n) is 16.2. The predicted molar refractivity (Wildman–Crippen MR) is 104 cm³/mol. The maximum atomic E-state index is 4.43. The fourth-order valence-electron chi connectivity index (χ4n) is 4.25. The molecule has 140 valence electrons. The average molecular weight is 338 g/mol. The summed E-state index contributed by atoms with van der Waals surface area (Å²) in [5, 5.41) is 7.13. The van der Waals surface area contributed by atoms with Crippen molar-refractivity contribution in [2.45, 2.75) is 63.3 Å². The van der Waals surface area contributed by atoms with Gasteiger partial charge in [0.05, 0.1) is 0 Å². The van der Waals surface area contributed by atoms with Crippen molar-refractivity contribution in [3.05, 3.63) is 0 Å². The Morgan fingerprint density at radius 3 is 2.29 bits per heavy atom. The first-order valence-corrected chi connectivity index (χ1v) is 10.0. The van der Waals surface area contributed by atoms with Gasteiger partial charge in [-0.25, -0.2) is 0 Å². The van der Waals surface area contributed by atoms with E-state index >= 15 is 0 Å². The second-order valence-corrected chi connectivity index (χ2v) is 7.84. The molecule has 0 radical (unpaired) electrons. The third-order valence-corrected chi connectivity index (χ3v) is 5.69. The first-order valence-electron chi connectivity index (χ1n) is 10.0. The van der Waals surface area contributed by atoms with Crippen LogP contribution in [0.15, 0.2) is 4.99 Å². The molecule has 0 amide bonds. The summed E-state index contributed by atoms with van der Waals surface area (Å²) in [6.07, 6.45) is 12.2. The van der Waals surface area contributed by atoms with E-state index in [1.807, 2.05) is 7.05 Å². The van der Waals surface area contributed by atoms with Crippen molar-refractivity contribution in [2.24, 2.45) is 4.99 Å². The maximum Gasteiger partial charge on any atom is 0.191 e. The molecule has 0 aromatic carbocycles. The fraction of sp³-hybridized carbons (Fsp3) is 0.947. The third kappa shape index (κ3) is 5.92. The van der Waals surface area contributed by atoms with Gasteiger partial charge in [0.2, 0.25) is 0 Å². The molecule has 1 aliphatic heterocycles. The number of rotatable bonds is 7. The minimum Gasteiger partial charge on any atom is -0.356 e. The third-order valence-electron chi connectivity index (χ3n) is 5.69. The molecular weight excluding hydrogens is 298 g/mol. The Kier molecular flexibility index (Phi) is 8.33. The molecule has 0 aromatic rings. The standard InChI is InChI=1S/C19H39N5/c1-20-18(21-13-10-14-23(2)3)22-17-19(11-6-4-7-12-19)24-15-8-5-9-16-24/h4-17H2,1-3H3,(H2,20,21,22). The van der Waals surface area contributed by atoms with E-state index in [9.17, 15) is 0 Å². The predicted octanol–water partition coefficient (Wildman–Crippen LogP) is 2.29. The number of piperidine rings is 1. The smallest absolute Gasteiger partial charge is 0.191 e. The number of aliphatic imine (C=N–C) groups is 1. The first kappa shape index (κ1) is 19.5. The molecule has 0 bridgehead atoms. The largest absolute Gasteiger partial charge is 0.356 e. The summed E-state index contributed by atoms with van der Waals surface area (Å²) in [7, 11) is 6.13. The summed E-state index contributed by atoms with van der Waals surface area (Å²) >= 11 is 0. The van der Waals surface area contributed by atoms with E-state index in [0.29, 0.717) is 5.54 Å². The average Bonchev–Trinajstić information content (AvgIpc) is 2.62. The number of nitrogens with one attached hydrogen (secondary N) is 2. The van der Waals surface area contributed by atoms with E-state index in [-0.39, 0.29) is 0 Å². The molecular formula is C19H39N5. The van der Waals surface area contributed by atoms with E-state index in [0.717, 1.165) is 32.0 Å². The van der Waals surface area contributed by atoms with Gasteiger partial charge in [-0.2, -0.15) is 0 Å². The Labute approximate surface area is 149 Å². The van der Waals surface area contributed by atoms with Crippen LogP contribution in [-0.4, -0.2) is 75.2 Å². The molecule has 5 nitrogen and oxygen atoms in total. The lowest BCUT2D eigenvalue weighted by Gasteiger charge is -2.48. The quantitative estimate of drug-likeness (QED) is 0.425. The van der Waals surface area contributed by atoms with Gasteiger partial charge in [0.15, 0.2) is 5.96 Å². The van der Waals surface area contributed by atoms with Crippen LogP contribution < -0.4 is 10.6 Å². The molecule has 2 aliphatic rings. The highest BCUT2D eigenvalue weighted by molar-refractivity contribution is 5.79. The van der Waals surface area contributed by atoms with Gasteiger partial charge in [0.1, 0.15) is 0 Å². The number of likely N-dealkylation sites (tertiary alicyclic amines) is 1. The number of nitrogens with zero attached hydrogens (tertiary/aromatic N) is 3. The molecule has 1 saturated heterocycles. The van der Waals surface area contributed by atoms with Crippen molar-refractivity contribution < 1.29 is 0 Å². The monoisotopic (exact) mass is 337 g/mol. The summed E-state index contributed by atoms with van der Waals surface area (Å²) in [4.78, 5) is 9.45. The lowest BCUT2D eigenvalue weighted by Crippen LogP contribution is -2.59. The van der Waals surface area contributed by atoms with Gasteiger partial charge in [-0.3, -0.25) is 9.89 Å². The molecule has 2 fully saturated rings. The van der Waals surface area contributed by atoms with Crippen LogP contribution >= 0.6 is 0 Å². The van der Waals surface area contributed by atoms with Crippen LogP contribution in [0.4, 0.5) is 0 Å². The maximum absolute atomic E-state index is 4.43. The van der Waals surface area contributed by atoms with Crippen LogP contribution in [0.5, 0.6) is 0 Å². The van der Waals surface area contributed by atoms with Gasteiger partial charge in [0, 0.05) is 25.7 Å². The summed E-state index contributed by atoms with van der Waals surface area (Å²) in [6.45, 7) is 5.71. The van der Waals surface area contributed by atoms with E-state index in [2.05, 4.69) is 39.5 Å². The molecule has 0 atom stereocenters. The van der Waals surface area contributed by atoms with Crippen molar-refractivity contribution in [2.75, 3.05) is 53.9 Å². The second-order valence-electron chi connectivity index (χ2n) is 7.84. The van der Waals surface area contributed by atoms with Crippen LogP contribution in [0.1, 0.15) is 57.8 Å². The molecule has 1 heterocycles. The van der Waals surface area contributed by atoms with Crippen molar-refractivity contribution in [3.8, 4) is 0 Å². The molecule has 5 heteroatoms. The van der Waals surface area contributed by atoms with Gasteiger partial charge in [-0.15, -0.1) is 0 Å². The van der Waals surface area contributed by atoms with E-state index < -0.39 is 0 Å². The van der Waals surface area contributed by atoms with Gasteiger partial charge in [-0.05, 0) is 65.8 Å². The zero-order valence-corrected chi connectivity index (χ0v) is 16.2. The molecule has 2 rings (SSSR count). The Hall–Kier alpha value is -0.810. The Balaban J connectivity index is 1.84. The summed E-state index contributed by atoms with van der Waals surface area (Å²) in [5.74, 6) is 0.968. The SMILES string of the molecule is CN=C(NCCCN(C)C)NCC1(N2CCCCC2)CCCCC1. The van der Waals surface area contributed by atoms with Crippen molar-refractivity contribution >= 4 is 5.96 Å². The second kappa shape index (κ2) is 10.2. The van der Waals surface area contributed by atoms with E-state index in [1.54, 1.807) is 0 Å². The summed E-state index contributed by atoms with van der Waals surface area (Å²) < 4.78 is 0. The lowest BCUT2D eigenvalue weighted by molar-refractivity contribution is 0.0368. The number of guanidine groups is 1. The number of hydrogen-bond acceptors (Lipinski definition) is 3. The van der Waals surface area contributed by atoms with Crippen LogP contribution in [-0.2, 0) is 0 Å². The molecule has 0 unspecified atom stereocenters. The Morgan fingerprint density at radius 2 is 1.67 bits per heavy atom. The highest BCUT2D eigenvalue weighted by Gasteiger charge is 2.38. The minimum absolute atomic E-state index is 0.361. The summed E-state index contributed by atoms with van der Waals surface area (Å²) in [6, 6.07) is 0. The van der Waals surface area contributed by atoms with Crippen LogP contribution in [0, 0.1) is 0 Å². The molecule has 2 N–H and O–H groups in total. The molecule has 1 saturated carbocycles. The van der Waals surface area contributed by atoms with Gasteiger partial charge in [-0.1, -0.05) is 25.7 Å². The molecule has 0 aromatic heterocycles. The zero-order chi connectivity index (χ0) is 17.3. The van der Waals surface area contributed by atoms with Crippen molar-refractivity contribution in [1.29, 1.82) is 0 Å². The highest BCUT2D eigenvalue weighted by atomic mass is 15.3. The molecule has 24 heavy (non-hydrogen) atoms. The van der Waals surface area contributed by atoms with Gasteiger partial charge in [0.25, 0.3) is 0 Å². The first-order chi connectivity index (χ1) is 11.7. The normalized spacial score (nSPS) is 22.6. The molecule has 0 spiro atoms. The van der Waals surface area contributed by atoms with Crippen LogP contribution in [0.3, 0.4) is 0 Å². The Morgan fingerprint density at radius 1 is 1.00 bits per heavy atom. The van der Waals surface area contributed by atoms with Gasteiger partial charge >= 0.3 is 0 Å². The van der Waals surface area contributed by atoms with Crippen molar-refractivity contribution in [3.63, 3.8) is 0 Å². The fourth-order valence-corrected chi connectivity index (χ4v) is 4.25. The van der Waals surface area contributed by atoms with E-state index in [4.69, 9.17) is 0 Å². The number of hydrogen-bond donors (Lipinski definition) is 2. The summed E-state index contributed by atoms with van der Waals surface area (Å²) in [5.41, 5.74) is 0.361. The minimum atomic E-state index is 0.361. The van der Waals surface area contributed by atoms with Crippen LogP contribution in [0.2, 0.25) is 0 Å². The topological polar surface area (TPSA) is 42.9 Å². The molecule has 1 aliphatic carbocycles. The van der Waals surface area contributed by atoms with E-state index in [1.165, 1.54) is 64.5 Å². The Bertz CT molecular complexity index is 368. The lowest BCUT2D eigenvalue weighted by atomic mass is 9.79. The van der Waals surface area contributed by atoms with Crippen molar-refractivity contribution in [1.82, 2.24) is 20.4 Å². The highest BCUT2D eigenvalue weighted by Crippen LogP contribution is 2.35.